The summed E-state index contributed by atoms with van der Waals surface area (Å²) in [4.78, 5) is 0. The Bertz CT molecular complexity index is 796. The fraction of sp³-hybridized carbons (Fsp3) is 0.118. The second kappa shape index (κ2) is 5.20. The van der Waals surface area contributed by atoms with E-state index in [0.29, 0.717) is 12.1 Å². The number of rotatable bonds is 3. The molecule has 1 N–H and O–H groups in total. The van der Waals surface area contributed by atoms with Gasteiger partial charge in [0.1, 0.15) is 0 Å². The van der Waals surface area contributed by atoms with Gasteiger partial charge in [0, 0.05) is 29.2 Å². The van der Waals surface area contributed by atoms with E-state index in [1.807, 2.05) is 54.7 Å². The fourth-order valence-electron chi connectivity index (χ4n) is 2.53. The molecule has 0 spiro atoms. The zero-order valence-electron chi connectivity index (χ0n) is 11.0. The van der Waals surface area contributed by atoms with Gasteiger partial charge in [-0.25, -0.2) is 0 Å². The Labute approximate surface area is 117 Å². The molecule has 0 saturated heterocycles. The molecule has 3 rings (SSSR count). The van der Waals surface area contributed by atoms with E-state index in [4.69, 9.17) is 5.26 Å². The minimum Gasteiger partial charge on any atom is -0.392 e. The van der Waals surface area contributed by atoms with E-state index in [1.54, 1.807) is 0 Å². The Morgan fingerprint density at radius 2 is 1.75 bits per heavy atom. The van der Waals surface area contributed by atoms with Crippen molar-refractivity contribution in [2.24, 2.45) is 0 Å². The lowest BCUT2D eigenvalue weighted by molar-refractivity contribution is 0.283. The van der Waals surface area contributed by atoms with Gasteiger partial charge in [0.2, 0.25) is 0 Å². The first kappa shape index (κ1) is 12.5. The highest BCUT2D eigenvalue weighted by atomic mass is 16.3. The summed E-state index contributed by atoms with van der Waals surface area (Å²) in [6, 6.07) is 17.8. The molecular formula is C17H14N2O. The van der Waals surface area contributed by atoms with Crippen molar-refractivity contribution in [3.05, 3.63) is 71.4 Å². The summed E-state index contributed by atoms with van der Waals surface area (Å²) in [5.41, 5.74) is 3.66. The molecule has 2 aromatic carbocycles. The van der Waals surface area contributed by atoms with Crippen LogP contribution in [0.1, 0.15) is 16.7 Å². The van der Waals surface area contributed by atoms with Gasteiger partial charge in [0.05, 0.1) is 18.2 Å². The van der Waals surface area contributed by atoms with Crippen LogP contribution in [0.15, 0.2) is 54.7 Å². The molecule has 0 unspecified atom stereocenters. The molecule has 0 amide bonds. The first-order valence-electron chi connectivity index (χ1n) is 6.49. The molecule has 0 aliphatic carbocycles. The van der Waals surface area contributed by atoms with Gasteiger partial charge in [-0.15, -0.1) is 0 Å². The minimum atomic E-state index is 0.0212. The van der Waals surface area contributed by atoms with Crippen LogP contribution in [-0.4, -0.2) is 9.67 Å². The summed E-state index contributed by atoms with van der Waals surface area (Å²) in [5, 5.41) is 19.7. The van der Waals surface area contributed by atoms with E-state index < -0.39 is 0 Å². The number of nitriles is 1. The van der Waals surface area contributed by atoms with Crippen LogP contribution in [0.5, 0.6) is 0 Å². The van der Waals surface area contributed by atoms with Gasteiger partial charge in [-0.1, -0.05) is 36.4 Å². The SMILES string of the molecule is N#Cc1ccccc1Cn1cc(CO)c2ccccc21. The molecule has 3 aromatic rings. The zero-order valence-corrected chi connectivity index (χ0v) is 11.0. The van der Waals surface area contributed by atoms with Crippen molar-refractivity contribution in [2.45, 2.75) is 13.2 Å². The Morgan fingerprint density at radius 3 is 2.55 bits per heavy atom. The van der Waals surface area contributed by atoms with Crippen molar-refractivity contribution < 1.29 is 5.11 Å². The smallest absolute Gasteiger partial charge is 0.0995 e. The molecule has 98 valence electrons. The third-order valence-electron chi connectivity index (χ3n) is 3.52. The van der Waals surface area contributed by atoms with Crippen LogP contribution in [0.3, 0.4) is 0 Å². The number of fused-ring (bicyclic) bond motifs is 1. The fourth-order valence-corrected chi connectivity index (χ4v) is 2.53. The summed E-state index contributed by atoms with van der Waals surface area (Å²) in [7, 11) is 0. The molecule has 0 radical (unpaired) electrons. The average Bonchev–Trinajstić information content (AvgIpc) is 2.86. The molecule has 1 heterocycles. The van der Waals surface area contributed by atoms with Gasteiger partial charge in [-0.05, 0) is 17.7 Å². The van der Waals surface area contributed by atoms with E-state index in [9.17, 15) is 5.11 Å². The number of hydrogen-bond donors (Lipinski definition) is 1. The number of aromatic nitrogens is 1. The molecule has 0 fully saturated rings. The van der Waals surface area contributed by atoms with E-state index in [2.05, 4.69) is 10.6 Å². The first-order chi connectivity index (χ1) is 9.83. The molecule has 0 aliphatic heterocycles. The first-order valence-corrected chi connectivity index (χ1v) is 6.49. The molecule has 1 aromatic heterocycles. The van der Waals surface area contributed by atoms with Crippen LogP contribution in [0, 0.1) is 11.3 Å². The Kier molecular flexibility index (Phi) is 3.24. The van der Waals surface area contributed by atoms with Gasteiger partial charge in [0.15, 0.2) is 0 Å². The molecule has 3 nitrogen and oxygen atoms in total. The Hall–Kier alpha value is -2.57. The van der Waals surface area contributed by atoms with E-state index in [0.717, 1.165) is 22.0 Å². The van der Waals surface area contributed by atoms with Crippen LogP contribution < -0.4 is 0 Å². The van der Waals surface area contributed by atoms with Gasteiger partial charge in [-0.2, -0.15) is 5.26 Å². The second-order valence-electron chi connectivity index (χ2n) is 4.73. The number of aliphatic hydroxyl groups excluding tert-OH is 1. The number of hydrogen-bond acceptors (Lipinski definition) is 2. The summed E-state index contributed by atoms with van der Waals surface area (Å²) in [5.74, 6) is 0. The molecule has 20 heavy (non-hydrogen) atoms. The van der Waals surface area contributed by atoms with E-state index >= 15 is 0 Å². The maximum absolute atomic E-state index is 9.45. The highest BCUT2D eigenvalue weighted by Crippen LogP contribution is 2.23. The third kappa shape index (κ3) is 2.07. The topological polar surface area (TPSA) is 49.0 Å². The largest absolute Gasteiger partial charge is 0.392 e. The lowest BCUT2D eigenvalue weighted by Gasteiger charge is -2.07. The van der Waals surface area contributed by atoms with Crippen molar-refractivity contribution in [3.8, 4) is 6.07 Å². The molecule has 3 heteroatoms. The van der Waals surface area contributed by atoms with E-state index in [-0.39, 0.29) is 6.61 Å². The average molecular weight is 262 g/mol. The van der Waals surface area contributed by atoms with Crippen LogP contribution in [-0.2, 0) is 13.2 Å². The monoisotopic (exact) mass is 262 g/mol. The maximum atomic E-state index is 9.45. The van der Waals surface area contributed by atoms with Crippen LogP contribution in [0.4, 0.5) is 0 Å². The van der Waals surface area contributed by atoms with Crippen molar-refractivity contribution in [1.82, 2.24) is 4.57 Å². The van der Waals surface area contributed by atoms with E-state index in [1.165, 1.54) is 0 Å². The molecule has 0 saturated carbocycles. The lowest BCUT2D eigenvalue weighted by Crippen LogP contribution is -2.00. The van der Waals surface area contributed by atoms with Crippen LogP contribution in [0.25, 0.3) is 10.9 Å². The summed E-state index contributed by atoms with van der Waals surface area (Å²) < 4.78 is 2.08. The van der Waals surface area contributed by atoms with Gasteiger partial charge in [0.25, 0.3) is 0 Å². The van der Waals surface area contributed by atoms with Gasteiger partial charge in [-0.3, -0.25) is 0 Å². The third-order valence-corrected chi connectivity index (χ3v) is 3.52. The highest BCUT2D eigenvalue weighted by Gasteiger charge is 2.09. The number of benzene rings is 2. The second-order valence-corrected chi connectivity index (χ2v) is 4.73. The van der Waals surface area contributed by atoms with Crippen LogP contribution in [0.2, 0.25) is 0 Å². The Balaban J connectivity index is 2.10. The normalized spacial score (nSPS) is 10.6. The predicted molar refractivity (Wildman–Crippen MR) is 78.1 cm³/mol. The summed E-state index contributed by atoms with van der Waals surface area (Å²) in [6.07, 6.45) is 1.96. The van der Waals surface area contributed by atoms with Gasteiger partial charge >= 0.3 is 0 Å². The van der Waals surface area contributed by atoms with Crippen molar-refractivity contribution >= 4 is 10.9 Å². The number of aliphatic hydroxyl groups is 1. The zero-order chi connectivity index (χ0) is 13.9. The highest BCUT2D eigenvalue weighted by molar-refractivity contribution is 5.84. The molecule has 0 atom stereocenters. The van der Waals surface area contributed by atoms with Gasteiger partial charge < -0.3 is 9.67 Å². The summed E-state index contributed by atoms with van der Waals surface area (Å²) in [6.45, 7) is 0.650. The minimum absolute atomic E-state index is 0.0212. The van der Waals surface area contributed by atoms with Crippen molar-refractivity contribution in [3.63, 3.8) is 0 Å². The molecule has 0 aliphatic rings. The lowest BCUT2D eigenvalue weighted by atomic mass is 10.1. The quantitative estimate of drug-likeness (QED) is 0.788. The van der Waals surface area contributed by atoms with Crippen LogP contribution >= 0.6 is 0 Å². The molecular weight excluding hydrogens is 248 g/mol. The number of nitrogens with zero attached hydrogens (tertiary/aromatic N) is 2. The predicted octanol–water partition coefficient (Wildman–Crippen LogP) is 3.05. The number of para-hydroxylation sites is 1. The molecule has 0 bridgehead atoms. The van der Waals surface area contributed by atoms with Crippen molar-refractivity contribution in [1.29, 1.82) is 5.26 Å². The Morgan fingerprint density at radius 1 is 1.00 bits per heavy atom. The summed E-state index contributed by atoms with van der Waals surface area (Å²) >= 11 is 0. The van der Waals surface area contributed by atoms with Crippen molar-refractivity contribution in [2.75, 3.05) is 0 Å². The standard InChI is InChI=1S/C17H14N2O/c18-9-13-5-1-2-6-14(13)10-19-11-15(12-20)16-7-3-4-8-17(16)19/h1-8,11,20H,10,12H2. The maximum Gasteiger partial charge on any atom is 0.0995 e.